The third-order valence-electron chi connectivity index (χ3n) is 4.62. The van der Waals surface area contributed by atoms with E-state index in [4.69, 9.17) is 16.3 Å². The number of aryl methyl sites for hydroxylation is 1. The van der Waals surface area contributed by atoms with E-state index in [-0.39, 0.29) is 18.6 Å². The average molecular weight is 359 g/mol. The van der Waals surface area contributed by atoms with Crippen molar-refractivity contribution in [3.63, 3.8) is 0 Å². The van der Waals surface area contributed by atoms with E-state index in [0.29, 0.717) is 22.2 Å². The third-order valence-corrected chi connectivity index (χ3v) is 5.11. The molecule has 1 aromatic carbocycles. The lowest BCUT2D eigenvalue weighted by molar-refractivity contribution is 0.0629. The Hall–Kier alpha value is -2.07. The van der Waals surface area contributed by atoms with E-state index in [1.54, 1.807) is 6.07 Å². The highest BCUT2D eigenvalue weighted by atomic mass is 35.5. The average Bonchev–Trinajstić information content (AvgIpc) is 2.63. The molecule has 0 radical (unpaired) electrons. The first-order valence-corrected chi connectivity index (χ1v) is 9.09. The first-order chi connectivity index (χ1) is 12.1. The Morgan fingerprint density at radius 3 is 2.88 bits per heavy atom. The van der Waals surface area contributed by atoms with Crippen LogP contribution in [0.2, 0.25) is 5.02 Å². The lowest BCUT2D eigenvalue weighted by Gasteiger charge is -2.33. The summed E-state index contributed by atoms with van der Waals surface area (Å²) in [7, 11) is 0. The van der Waals surface area contributed by atoms with Gasteiger partial charge in [0, 0.05) is 12.6 Å². The Kier molecular flexibility index (Phi) is 5.59. The number of rotatable bonds is 4. The van der Waals surface area contributed by atoms with Gasteiger partial charge in [0.25, 0.3) is 5.91 Å². The molecule has 0 spiro atoms. The van der Waals surface area contributed by atoms with Crippen molar-refractivity contribution in [2.75, 3.05) is 6.54 Å². The summed E-state index contributed by atoms with van der Waals surface area (Å²) in [4.78, 5) is 19.2. The molecule has 1 unspecified atom stereocenters. The molecular weight excluding hydrogens is 336 g/mol. The van der Waals surface area contributed by atoms with Gasteiger partial charge in [0.05, 0.1) is 10.7 Å². The summed E-state index contributed by atoms with van der Waals surface area (Å²) in [6, 6.07) is 11.4. The Labute approximate surface area is 153 Å². The summed E-state index contributed by atoms with van der Waals surface area (Å²) in [5, 5.41) is 0.608. The lowest BCUT2D eigenvalue weighted by atomic mass is 10.0. The van der Waals surface area contributed by atoms with Gasteiger partial charge < -0.3 is 9.64 Å². The van der Waals surface area contributed by atoms with E-state index >= 15 is 0 Å². The maximum Gasteiger partial charge on any atom is 0.272 e. The summed E-state index contributed by atoms with van der Waals surface area (Å²) in [6.45, 7) is 5.12. The van der Waals surface area contributed by atoms with Crippen LogP contribution >= 0.6 is 11.6 Å². The first kappa shape index (κ1) is 17.7. The van der Waals surface area contributed by atoms with Crippen LogP contribution < -0.4 is 4.74 Å². The molecule has 4 nitrogen and oxygen atoms in total. The van der Waals surface area contributed by atoms with Gasteiger partial charge in [-0.05, 0) is 56.9 Å². The molecule has 2 heterocycles. The van der Waals surface area contributed by atoms with E-state index in [2.05, 4.69) is 11.9 Å². The molecular formula is C20H23ClN2O2. The molecule has 3 rings (SSSR count). The van der Waals surface area contributed by atoms with Crippen LogP contribution in [-0.2, 0) is 6.61 Å². The second-order valence-electron chi connectivity index (χ2n) is 6.53. The van der Waals surface area contributed by atoms with Gasteiger partial charge in [-0.3, -0.25) is 4.79 Å². The van der Waals surface area contributed by atoms with Crippen molar-refractivity contribution in [3.8, 4) is 5.75 Å². The van der Waals surface area contributed by atoms with Gasteiger partial charge in [0.2, 0.25) is 0 Å². The molecule has 1 fully saturated rings. The number of carbonyl (C=O) groups excluding carboxylic acids is 1. The van der Waals surface area contributed by atoms with Crippen LogP contribution in [-0.4, -0.2) is 28.4 Å². The maximum atomic E-state index is 12.7. The van der Waals surface area contributed by atoms with Crippen molar-refractivity contribution >= 4 is 17.5 Å². The van der Waals surface area contributed by atoms with Crippen molar-refractivity contribution < 1.29 is 9.53 Å². The summed E-state index contributed by atoms with van der Waals surface area (Å²) >= 11 is 6.25. The van der Waals surface area contributed by atoms with Crippen molar-refractivity contribution in [1.29, 1.82) is 0 Å². The molecule has 0 bridgehead atoms. The minimum atomic E-state index is 0.00244. The van der Waals surface area contributed by atoms with Crippen LogP contribution in [0.4, 0.5) is 0 Å². The number of nitrogens with zero attached hydrogens (tertiary/aromatic N) is 2. The van der Waals surface area contributed by atoms with Gasteiger partial charge in [-0.25, -0.2) is 4.98 Å². The molecule has 0 saturated carbocycles. The molecule has 5 heteroatoms. The molecule has 25 heavy (non-hydrogen) atoms. The fourth-order valence-electron chi connectivity index (χ4n) is 3.11. The molecule has 1 aromatic heterocycles. The number of ether oxygens (including phenoxy) is 1. The van der Waals surface area contributed by atoms with E-state index in [1.807, 2.05) is 42.2 Å². The number of pyridine rings is 1. The molecule has 1 atom stereocenters. The first-order valence-electron chi connectivity index (χ1n) is 8.71. The summed E-state index contributed by atoms with van der Waals surface area (Å²) in [5.41, 5.74) is 2.16. The van der Waals surface area contributed by atoms with E-state index in [1.165, 1.54) is 6.42 Å². The van der Waals surface area contributed by atoms with Gasteiger partial charge in [-0.1, -0.05) is 29.8 Å². The monoisotopic (exact) mass is 358 g/mol. The van der Waals surface area contributed by atoms with Crippen molar-refractivity contribution in [1.82, 2.24) is 9.88 Å². The molecule has 132 valence electrons. The number of halogens is 1. The smallest absolute Gasteiger partial charge is 0.272 e. The lowest BCUT2D eigenvalue weighted by Crippen LogP contribution is -2.42. The number of amides is 1. The fraction of sp³-hybridized carbons (Fsp3) is 0.400. The molecule has 1 aliphatic heterocycles. The van der Waals surface area contributed by atoms with Crippen LogP contribution in [0.1, 0.15) is 47.9 Å². The maximum absolute atomic E-state index is 12.7. The van der Waals surface area contributed by atoms with Crippen LogP contribution in [0.25, 0.3) is 0 Å². The summed E-state index contributed by atoms with van der Waals surface area (Å²) in [6.07, 6.45) is 3.30. The molecule has 2 aromatic rings. The predicted octanol–water partition coefficient (Wildman–Crippen LogP) is 4.64. The third kappa shape index (κ3) is 4.13. The summed E-state index contributed by atoms with van der Waals surface area (Å²) in [5.74, 6) is 0.632. The van der Waals surface area contributed by atoms with Crippen molar-refractivity contribution in [2.45, 2.75) is 45.8 Å². The van der Waals surface area contributed by atoms with E-state index < -0.39 is 0 Å². The largest absolute Gasteiger partial charge is 0.486 e. The molecule has 1 aliphatic rings. The number of hydrogen-bond acceptors (Lipinski definition) is 3. The highest BCUT2D eigenvalue weighted by Gasteiger charge is 2.25. The number of hydrogen-bond donors (Lipinski definition) is 0. The number of carbonyl (C=O) groups is 1. The quantitative estimate of drug-likeness (QED) is 0.799. The number of likely N-dealkylation sites (tertiary alicyclic amines) is 1. The van der Waals surface area contributed by atoms with Crippen LogP contribution in [0, 0.1) is 6.92 Å². The van der Waals surface area contributed by atoms with Crippen LogP contribution in [0.3, 0.4) is 0 Å². The van der Waals surface area contributed by atoms with Crippen molar-refractivity contribution in [2.24, 2.45) is 0 Å². The van der Waals surface area contributed by atoms with Crippen molar-refractivity contribution in [3.05, 3.63) is 58.4 Å². The molecule has 0 N–H and O–H groups in total. The van der Waals surface area contributed by atoms with Gasteiger partial charge in [0.15, 0.2) is 0 Å². The van der Waals surface area contributed by atoms with Gasteiger partial charge in [-0.2, -0.15) is 0 Å². The molecule has 1 amide bonds. The van der Waals surface area contributed by atoms with Gasteiger partial charge in [-0.15, -0.1) is 0 Å². The Balaban J connectivity index is 1.71. The zero-order valence-corrected chi connectivity index (χ0v) is 15.4. The summed E-state index contributed by atoms with van der Waals surface area (Å²) < 4.78 is 5.79. The van der Waals surface area contributed by atoms with E-state index in [9.17, 15) is 4.79 Å². The zero-order valence-electron chi connectivity index (χ0n) is 14.7. The second kappa shape index (κ2) is 7.87. The minimum absolute atomic E-state index is 0.00244. The van der Waals surface area contributed by atoms with E-state index in [0.717, 1.165) is 24.9 Å². The highest BCUT2D eigenvalue weighted by Crippen LogP contribution is 2.28. The Morgan fingerprint density at radius 1 is 1.28 bits per heavy atom. The topological polar surface area (TPSA) is 42.4 Å². The van der Waals surface area contributed by atoms with Gasteiger partial charge >= 0.3 is 0 Å². The number of piperidine rings is 1. The normalized spacial score (nSPS) is 17.4. The molecule has 0 aliphatic carbocycles. The second-order valence-corrected chi connectivity index (χ2v) is 6.91. The van der Waals surface area contributed by atoms with Gasteiger partial charge in [0.1, 0.15) is 18.1 Å². The Morgan fingerprint density at radius 2 is 2.08 bits per heavy atom. The van der Waals surface area contributed by atoms with Crippen LogP contribution in [0.15, 0.2) is 36.4 Å². The highest BCUT2D eigenvalue weighted by molar-refractivity contribution is 6.32. The fourth-order valence-corrected chi connectivity index (χ4v) is 3.29. The number of aromatic nitrogens is 1. The predicted molar refractivity (Wildman–Crippen MR) is 99.1 cm³/mol. The molecule has 1 saturated heterocycles. The SMILES string of the molecule is Cc1cccc(OCc2cccc(C(=O)N3CCCCC3C)n2)c1Cl. The zero-order chi connectivity index (χ0) is 17.8. The number of benzene rings is 1. The Bertz CT molecular complexity index is 763. The minimum Gasteiger partial charge on any atom is -0.486 e. The standard InChI is InChI=1S/C20H23ClN2O2/c1-14-7-5-11-18(19(14)21)25-13-16-9-6-10-17(22-16)20(24)23-12-4-3-8-15(23)2/h5-7,9-11,15H,3-4,8,12-13H2,1-2H3. The van der Waals surface area contributed by atoms with Crippen LogP contribution in [0.5, 0.6) is 5.75 Å².